The number of Topliss-reactive ketones (excluding diaryl/α,β-unsaturated/α-hetero) is 2. The van der Waals surface area contributed by atoms with Gasteiger partial charge in [0.1, 0.15) is 6.10 Å². The fraction of sp³-hybridized carbons (Fsp3) is 0.286. The molecule has 98 valence electrons. The van der Waals surface area contributed by atoms with Crippen LogP contribution in [0, 0.1) is 0 Å². The molecule has 0 amide bonds. The van der Waals surface area contributed by atoms with Gasteiger partial charge in [-0.25, -0.2) is 0 Å². The van der Waals surface area contributed by atoms with Crippen molar-refractivity contribution < 1.29 is 24.5 Å². The van der Waals surface area contributed by atoms with Crippen LogP contribution in [0.1, 0.15) is 34.1 Å². The summed E-state index contributed by atoms with van der Waals surface area (Å²) >= 11 is 0. The van der Waals surface area contributed by atoms with Crippen molar-refractivity contribution in [3.05, 3.63) is 46.7 Å². The molecule has 1 aliphatic carbocycles. The summed E-state index contributed by atoms with van der Waals surface area (Å²) in [5.74, 6) is -2.81. The van der Waals surface area contributed by atoms with Crippen LogP contribution >= 0.6 is 0 Å². The van der Waals surface area contributed by atoms with Gasteiger partial charge in [0.05, 0.1) is 5.57 Å². The molecule has 2 aliphatic rings. The van der Waals surface area contributed by atoms with Crippen LogP contribution in [0.2, 0.25) is 0 Å². The van der Waals surface area contributed by atoms with E-state index in [4.69, 9.17) is 4.74 Å². The molecule has 2 unspecified atom stereocenters. The summed E-state index contributed by atoms with van der Waals surface area (Å²) in [7, 11) is 0. The Hall–Kier alpha value is -1.98. The number of aliphatic hydroxyl groups excluding tert-OH is 1. The minimum absolute atomic E-state index is 0.132. The third kappa shape index (κ3) is 1.55. The summed E-state index contributed by atoms with van der Waals surface area (Å²) in [4.78, 5) is 24.5. The predicted octanol–water partition coefficient (Wildman–Crippen LogP) is 0.809. The van der Waals surface area contributed by atoms with Crippen molar-refractivity contribution in [3.8, 4) is 0 Å². The fourth-order valence-corrected chi connectivity index (χ4v) is 2.37. The van der Waals surface area contributed by atoms with E-state index in [1.807, 2.05) is 0 Å². The SMILES string of the molecule is CC(O)C1(O)CC2=C(O1)C(=O)c1ccccc1C2=O. The Kier molecular flexibility index (Phi) is 2.39. The molecule has 0 saturated heterocycles. The third-order valence-corrected chi connectivity index (χ3v) is 3.53. The van der Waals surface area contributed by atoms with Gasteiger partial charge in [0, 0.05) is 17.5 Å². The van der Waals surface area contributed by atoms with Crippen molar-refractivity contribution in [2.45, 2.75) is 25.2 Å². The number of carbonyl (C=O) groups is 2. The van der Waals surface area contributed by atoms with Crippen molar-refractivity contribution in [2.75, 3.05) is 0 Å². The summed E-state index contributed by atoms with van der Waals surface area (Å²) in [5, 5.41) is 19.6. The lowest BCUT2D eigenvalue weighted by Gasteiger charge is -2.25. The van der Waals surface area contributed by atoms with E-state index in [9.17, 15) is 19.8 Å². The standard InChI is InChI=1S/C14H12O5/c1-7(15)14(18)6-10-11(16)8-4-2-3-5-9(8)12(17)13(10)19-14/h2-5,7,15,18H,6H2,1H3. The Morgan fingerprint density at radius 3 is 2.37 bits per heavy atom. The van der Waals surface area contributed by atoms with Gasteiger partial charge in [-0.15, -0.1) is 0 Å². The van der Waals surface area contributed by atoms with E-state index in [0.717, 1.165) is 0 Å². The Morgan fingerprint density at radius 1 is 1.21 bits per heavy atom. The second kappa shape index (κ2) is 3.76. The van der Waals surface area contributed by atoms with Gasteiger partial charge in [0.25, 0.3) is 0 Å². The van der Waals surface area contributed by atoms with E-state index >= 15 is 0 Å². The average Bonchev–Trinajstić information content (AvgIpc) is 2.76. The number of rotatable bonds is 1. The molecule has 1 aliphatic heterocycles. The van der Waals surface area contributed by atoms with E-state index in [1.54, 1.807) is 24.3 Å². The normalized spacial score (nSPS) is 26.9. The maximum absolute atomic E-state index is 12.3. The minimum atomic E-state index is -1.90. The fourth-order valence-electron chi connectivity index (χ4n) is 2.37. The molecular weight excluding hydrogens is 248 g/mol. The first kappa shape index (κ1) is 12.1. The number of ether oxygens (including phenoxy) is 1. The number of allylic oxidation sites excluding steroid dienone is 1. The summed E-state index contributed by atoms with van der Waals surface area (Å²) in [5.41, 5.74) is 0.706. The highest BCUT2D eigenvalue weighted by Gasteiger charge is 2.49. The minimum Gasteiger partial charge on any atom is -0.455 e. The van der Waals surface area contributed by atoms with E-state index < -0.39 is 17.7 Å². The van der Waals surface area contributed by atoms with Gasteiger partial charge in [0.15, 0.2) is 11.5 Å². The van der Waals surface area contributed by atoms with Gasteiger partial charge < -0.3 is 14.9 Å². The van der Waals surface area contributed by atoms with Crippen LogP contribution in [0.15, 0.2) is 35.6 Å². The van der Waals surface area contributed by atoms with Crippen LogP contribution in [0.3, 0.4) is 0 Å². The first-order valence-electron chi connectivity index (χ1n) is 5.95. The maximum Gasteiger partial charge on any atom is 0.238 e. The summed E-state index contributed by atoms with van der Waals surface area (Å²) in [6, 6.07) is 6.44. The Labute approximate surface area is 109 Å². The van der Waals surface area contributed by atoms with Crippen LogP contribution in [0.4, 0.5) is 0 Å². The number of hydrogen-bond acceptors (Lipinski definition) is 5. The third-order valence-electron chi connectivity index (χ3n) is 3.53. The van der Waals surface area contributed by atoms with Gasteiger partial charge in [-0.05, 0) is 6.92 Å². The molecule has 0 saturated carbocycles. The number of fused-ring (bicyclic) bond motifs is 1. The lowest BCUT2D eigenvalue weighted by molar-refractivity contribution is -0.214. The molecule has 1 aromatic rings. The number of carbonyl (C=O) groups excluding carboxylic acids is 2. The van der Waals surface area contributed by atoms with Crippen LogP contribution in [0.5, 0.6) is 0 Å². The molecule has 0 spiro atoms. The smallest absolute Gasteiger partial charge is 0.238 e. The van der Waals surface area contributed by atoms with E-state index in [0.29, 0.717) is 5.56 Å². The van der Waals surface area contributed by atoms with Gasteiger partial charge >= 0.3 is 0 Å². The molecule has 1 heterocycles. The highest BCUT2D eigenvalue weighted by Crippen LogP contribution is 2.40. The molecule has 3 rings (SSSR count). The molecule has 2 atom stereocenters. The number of aliphatic hydroxyl groups is 2. The lowest BCUT2D eigenvalue weighted by Crippen LogP contribution is -2.40. The Morgan fingerprint density at radius 2 is 1.79 bits per heavy atom. The molecule has 0 aromatic heterocycles. The zero-order valence-electron chi connectivity index (χ0n) is 10.2. The largest absolute Gasteiger partial charge is 0.455 e. The number of hydrogen-bond donors (Lipinski definition) is 2. The van der Waals surface area contributed by atoms with Crippen molar-refractivity contribution in [1.29, 1.82) is 0 Å². The topological polar surface area (TPSA) is 83.8 Å². The molecule has 5 heteroatoms. The zero-order chi connectivity index (χ0) is 13.8. The number of benzene rings is 1. The molecular formula is C14H12O5. The monoisotopic (exact) mass is 260 g/mol. The van der Waals surface area contributed by atoms with Gasteiger partial charge in [-0.1, -0.05) is 24.3 Å². The van der Waals surface area contributed by atoms with Crippen LogP contribution in [-0.4, -0.2) is 33.7 Å². The van der Waals surface area contributed by atoms with Crippen molar-refractivity contribution in [1.82, 2.24) is 0 Å². The van der Waals surface area contributed by atoms with E-state index in [-0.39, 0.29) is 29.1 Å². The average molecular weight is 260 g/mol. The van der Waals surface area contributed by atoms with Crippen molar-refractivity contribution in [3.63, 3.8) is 0 Å². The molecule has 19 heavy (non-hydrogen) atoms. The summed E-state index contributed by atoms with van der Waals surface area (Å²) in [6.07, 6.45) is -1.39. The highest BCUT2D eigenvalue weighted by molar-refractivity contribution is 6.26. The molecule has 0 bridgehead atoms. The van der Waals surface area contributed by atoms with Crippen molar-refractivity contribution in [2.24, 2.45) is 0 Å². The van der Waals surface area contributed by atoms with Gasteiger partial charge in [0.2, 0.25) is 11.6 Å². The molecule has 0 fully saturated rings. The first-order valence-corrected chi connectivity index (χ1v) is 5.95. The van der Waals surface area contributed by atoms with Crippen LogP contribution in [0.25, 0.3) is 0 Å². The predicted molar refractivity (Wildman–Crippen MR) is 64.5 cm³/mol. The Balaban J connectivity index is 2.09. The Bertz CT molecular complexity index is 579. The second-order valence-electron chi connectivity index (χ2n) is 4.81. The molecule has 0 radical (unpaired) electrons. The zero-order valence-corrected chi connectivity index (χ0v) is 10.2. The van der Waals surface area contributed by atoms with Gasteiger partial charge in [-0.3, -0.25) is 9.59 Å². The quantitative estimate of drug-likeness (QED) is 0.780. The summed E-state index contributed by atoms with van der Waals surface area (Å²) in [6.45, 7) is 1.35. The van der Waals surface area contributed by atoms with Crippen LogP contribution < -0.4 is 0 Å². The first-order chi connectivity index (χ1) is 8.94. The second-order valence-corrected chi connectivity index (χ2v) is 4.81. The lowest BCUT2D eigenvalue weighted by atomic mass is 9.86. The summed E-state index contributed by atoms with van der Waals surface area (Å²) < 4.78 is 5.17. The molecule has 2 N–H and O–H groups in total. The van der Waals surface area contributed by atoms with Gasteiger partial charge in [-0.2, -0.15) is 0 Å². The maximum atomic E-state index is 12.3. The molecule has 1 aromatic carbocycles. The van der Waals surface area contributed by atoms with E-state index in [2.05, 4.69) is 0 Å². The van der Waals surface area contributed by atoms with Crippen LogP contribution in [-0.2, 0) is 4.74 Å². The highest BCUT2D eigenvalue weighted by atomic mass is 16.6. The number of ketones is 2. The van der Waals surface area contributed by atoms with Crippen molar-refractivity contribution >= 4 is 11.6 Å². The molecule has 5 nitrogen and oxygen atoms in total. The van der Waals surface area contributed by atoms with E-state index in [1.165, 1.54) is 6.92 Å².